The topological polar surface area (TPSA) is 89.9 Å². The van der Waals surface area contributed by atoms with Gasteiger partial charge in [-0.15, -0.1) is 0 Å². The highest BCUT2D eigenvalue weighted by molar-refractivity contribution is 6.12. The number of hydrogen-bond donors (Lipinski definition) is 2. The molecule has 3 aromatic rings. The first-order valence-electron chi connectivity index (χ1n) is 7.98. The molecule has 1 fully saturated rings. The predicted molar refractivity (Wildman–Crippen MR) is 92.0 cm³/mol. The van der Waals surface area contributed by atoms with E-state index in [0.29, 0.717) is 12.3 Å². The largest absolute Gasteiger partial charge is 0.373 e. The molecule has 2 N–H and O–H groups in total. The number of aromatic amines is 1. The van der Waals surface area contributed by atoms with Crippen LogP contribution in [0.5, 0.6) is 0 Å². The van der Waals surface area contributed by atoms with Crippen molar-refractivity contribution >= 4 is 27.6 Å². The Bertz CT molecular complexity index is 926. The van der Waals surface area contributed by atoms with Crippen LogP contribution in [0.25, 0.3) is 21.9 Å². The standard InChI is InChI=1S/C17H18N6O/c1-19-8-12-10-23(4-5-24-12)15-2-3-20-17-16(15)13-6-11(7-18)21-9-14(13)22-17/h2-3,6,9,12,19H,4-5,8,10H2,1H3,(H,20,22)/t12-/m1/s1. The molecule has 0 unspecified atom stereocenters. The molecule has 0 amide bonds. The summed E-state index contributed by atoms with van der Waals surface area (Å²) >= 11 is 0. The van der Waals surface area contributed by atoms with Crippen molar-refractivity contribution in [2.24, 2.45) is 0 Å². The van der Waals surface area contributed by atoms with Gasteiger partial charge in [-0.3, -0.25) is 0 Å². The van der Waals surface area contributed by atoms with Gasteiger partial charge in [0.2, 0.25) is 0 Å². The lowest BCUT2D eigenvalue weighted by Crippen LogP contribution is -2.46. The first kappa shape index (κ1) is 14.9. The van der Waals surface area contributed by atoms with Gasteiger partial charge >= 0.3 is 0 Å². The van der Waals surface area contributed by atoms with Crippen molar-refractivity contribution in [3.05, 3.63) is 30.2 Å². The number of morpholine rings is 1. The average molecular weight is 322 g/mol. The number of nitrogens with zero attached hydrogens (tertiary/aromatic N) is 4. The van der Waals surface area contributed by atoms with Crippen LogP contribution >= 0.6 is 0 Å². The SMILES string of the molecule is CNC[C@@H]1CN(c2ccnc3[nH]c4cnc(C#N)cc4c23)CCO1. The van der Waals surface area contributed by atoms with Gasteiger partial charge < -0.3 is 19.9 Å². The first-order chi connectivity index (χ1) is 11.8. The summed E-state index contributed by atoms with van der Waals surface area (Å²) in [5.74, 6) is 0. The number of aromatic nitrogens is 3. The van der Waals surface area contributed by atoms with Crippen LogP contribution in [0.3, 0.4) is 0 Å². The van der Waals surface area contributed by atoms with E-state index in [1.807, 2.05) is 25.4 Å². The highest BCUT2D eigenvalue weighted by atomic mass is 16.5. The Morgan fingerprint density at radius 3 is 3.25 bits per heavy atom. The van der Waals surface area contributed by atoms with E-state index in [0.717, 1.165) is 47.3 Å². The van der Waals surface area contributed by atoms with E-state index in [4.69, 9.17) is 10.00 Å². The third kappa shape index (κ3) is 2.46. The van der Waals surface area contributed by atoms with Gasteiger partial charge in [0.25, 0.3) is 0 Å². The molecule has 7 nitrogen and oxygen atoms in total. The summed E-state index contributed by atoms with van der Waals surface area (Å²) in [5, 5.41) is 14.3. The van der Waals surface area contributed by atoms with E-state index in [1.54, 1.807) is 6.20 Å². The van der Waals surface area contributed by atoms with Crippen molar-refractivity contribution in [1.29, 1.82) is 5.26 Å². The van der Waals surface area contributed by atoms with Crippen molar-refractivity contribution < 1.29 is 4.74 Å². The molecule has 3 aromatic heterocycles. The number of nitriles is 1. The molecule has 7 heteroatoms. The highest BCUT2D eigenvalue weighted by Gasteiger charge is 2.23. The number of anilines is 1. The molecule has 1 aliphatic rings. The number of ether oxygens (including phenoxy) is 1. The van der Waals surface area contributed by atoms with E-state index < -0.39 is 0 Å². The van der Waals surface area contributed by atoms with Gasteiger partial charge in [-0.1, -0.05) is 0 Å². The molecule has 24 heavy (non-hydrogen) atoms. The Hall–Kier alpha value is -2.69. The number of rotatable bonds is 3. The number of fused-ring (bicyclic) bond motifs is 3. The van der Waals surface area contributed by atoms with E-state index in [2.05, 4.69) is 31.2 Å². The van der Waals surface area contributed by atoms with Crippen molar-refractivity contribution in [2.75, 3.05) is 38.2 Å². The number of pyridine rings is 2. The number of likely N-dealkylation sites (N-methyl/N-ethyl adjacent to an activating group) is 1. The first-order valence-corrected chi connectivity index (χ1v) is 7.98. The molecule has 4 rings (SSSR count). The molecular weight excluding hydrogens is 304 g/mol. The lowest BCUT2D eigenvalue weighted by molar-refractivity contribution is 0.0422. The van der Waals surface area contributed by atoms with Gasteiger partial charge in [0.05, 0.1) is 35.5 Å². The fourth-order valence-corrected chi connectivity index (χ4v) is 3.32. The monoisotopic (exact) mass is 322 g/mol. The Labute approximate surface area is 139 Å². The van der Waals surface area contributed by atoms with E-state index in [1.165, 1.54) is 0 Å². The summed E-state index contributed by atoms with van der Waals surface area (Å²) in [6.45, 7) is 3.18. The van der Waals surface area contributed by atoms with E-state index in [9.17, 15) is 0 Å². The molecule has 122 valence electrons. The zero-order valence-electron chi connectivity index (χ0n) is 13.4. The smallest absolute Gasteiger partial charge is 0.141 e. The fraction of sp³-hybridized carbons (Fsp3) is 0.353. The quantitative estimate of drug-likeness (QED) is 0.758. The highest BCUT2D eigenvalue weighted by Crippen LogP contribution is 2.33. The van der Waals surface area contributed by atoms with Crippen molar-refractivity contribution in [2.45, 2.75) is 6.10 Å². The molecule has 1 saturated heterocycles. The number of H-pyrrole nitrogens is 1. The van der Waals surface area contributed by atoms with Gasteiger partial charge in [0.1, 0.15) is 17.4 Å². The summed E-state index contributed by atoms with van der Waals surface area (Å²) in [5.41, 5.74) is 3.24. The molecule has 0 radical (unpaired) electrons. The van der Waals surface area contributed by atoms with Crippen LogP contribution in [0.1, 0.15) is 5.69 Å². The molecule has 0 aliphatic carbocycles. The minimum atomic E-state index is 0.161. The molecule has 0 aromatic carbocycles. The molecule has 4 heterocycles. The third-order valence-corrected chi connectivity index (χ3v) is 4.38. The summed E-state index contributed by atoms with van der Waals surface area (Å²) in [4.78, 5) is 14.2. The molecule has 1 aliphatic heterocycles. The lowest BCUT2D eigenvalue weighted by Gasteiger charge is -2.34. The van der Waals surface area contributed by atoms with Crippen molar-refractivity contribution in [1.82, 2.24) is 20.3 Å². The third-order valence-electron chi connectivity index (χ3n) is 4.38. The predicted octanol–water partition coefficient (Wildman–Crippen LogP) is 1.41. The number of nitrogens with one attached hydrogen (secondary N) is 2. The second-order valence-electron chi connectivity index (χ2n) is 5.90. The molecular formula is C17H18N6O. The Morgan fingerprint density at radius 2 is 2.42 bits per heavy atom. The minimum absolute atomic E-state index is 0.161. The van der Waals surface area contributed by atoms with E-state index >= 15 is 0 Å². The Kier molecular flexibility index (Phi) is 3.76. The van der Waals surface area contributed by atoms with Crippen LogP contribution in [-0.2, 0) is 4.74 Å². The van der Waals surface area contributed by atoms with Gasteiger partial charge in [-0.25, -0.2) is 9.97 Å². The van der Waals surface area contributed by atoms with Gasteiger partial charge in [0, 0.05) is 31.2 Å². The van der Waals surface area contributed by atoms with Crippen molar-refractivity contribution in [3.8, 4) is 6.07 Å². The van der Waals surface area contributed by atoms with Crippen LogP contribution in [0.4, 0.5) is 5.69 Å². The second-order valence-corrected chi connectivity index (χ2v) is 5.90. The molecule has 0 bridgehead atoms. The maximum atomic E-state index is 9.15. The fourth-order valence-electron chi connectivity index (χ4n) is 3.32. The van der Waals surface area contributed by atoms with Gasteiger partial charge in [-0.05, 0) is 19.2 Å². The van der Waals surface area contributed by atoms with Crippen molar-refractivity contribution in [3.63, 3.8) is 0 Å². The summed E-state index contributed by atoms with van der Waals surface area (Å²) in [6.07, 6.45) is 3.67. The normalized spacial score (nSPS) is 18.2. The second kappa shape index (κ2) is 6.07. The van der Waals surface area contributed by atoms with Crippen LogP contribution in [-0.4, -0.2) is 54.3 Å². The van der Waals surface area contributed by atoms with Crippen LogP contribution in [0, 0.1) is 11.3 Å². The summed E-state index contributed by atoms with van der Waals surface area (Å²) < 4.78 is 5.81. The molecule has 1 atom stereocenters. The van der Waals surface area contributed by atoms with Crippen LogP contribution in [0.15, 0.2) is 24.5 Å². The van der Waals surface area contributed by atoms with Crippen LogP contribution < -0.4 is 10.2 Å². The zero-order valence-corrected chi connectivity index (χ0v) is 13.4. The molecule has 0 spiro atoms. The maximum Gasteiger partial charge on any atom is 0.141 e. The van der Waals surface area contributed by atoms with Crippen LogP contribution in [0.2, 0.25) is 0 Å². The Balaban J connectivity index is 1.84. The number of hydrogen-bond acceptors (Lipinski definition) is 6. The average Bonchev–Trinajstić information content (AvgIpc) is 3.00. The minimum Gasteiger partial charge on any atom is -0.373 e. The summed E-state index contributed by atoms with van der Waals surface area (Å²) in [6, 6.07) is 5.96. The molecule has 0 saturated carbocycles. The summed E-state index contributed by atoms with van der Waals surface area (Å²) in [7, 11) is 1.93. The van der Waals surface area contributed by atoms with Gasteiger partial charge in [-0.2, -0.15) is 5.26 Å². The van der Waals surface area contributed by atoms with Gasteiger partial charge in [0.15, 0.2) is 0 Å². The Morgan fingerprint density at radius 1 is 1.50 bits per heavy atom. The lowest BCUT2D eigenvalue weighted by atomic mass is 10.1. The maximum absolute atomic E-state index is 9.15. The zero-order chi connectivity index (χ0) is 16.5. The van der Waals surface area contributed by atoms with E-state index in [-0.39, 0.29) is 6.10 Å².